The molecule has 7 heteroatoms. The van der Waals surface area contributed by atoms with Crippen LogP contribution in [0.5, 0.6) is 5.75 Å². The molecule has 1 aromatic heterocycles. The summed E-state index contributed by atoms with van der Waals surface area (Å²) in [5.41, 5.74) is 6.61. The van der Waals surface area contributed by atoms with Crippen LogP contribution in [0.3, 0.4) is 0 Å². The SMILES string of the molecule is COc1ccccc1-c1noc(C(C)NC(=O)C2CCC(N)C2)n1. The minimum absolute atomic E-state index is 0.00695. The number of ether oxygens (including phenoxy) is 1. The summed E-state index contributed by atoms with van der Waals surface area (Å²) in [6.07, 6.45) is 2.45. The molecule has 2 aromatic rings. The number of carbonyl (C=O) groups excluding carboxylic acids is 1. The number of carbonyl (C=O) groups is 1. The molecule has 1 heterocycles. The Morgan fingerprint density at radius 1 is 1.42 bits per heavy atom. The summed E-state index contributed by atoms with van der Waals surface area (Å²) in [7, 11) is 1.59. The van der Waals surface area contributed by atoms with Crippen LogP contribution in [-0.4, -0.2) is 29.2 Å². The smallest absolute Gasteiger partial charge is 0.249 e. The van der Waals surface area contributed by atoms with Crippen LogP contribution in [0.15, 0.2) is 28.8 Å². The molecule has 3 atom stereocenters. The third-order valence-electron chi connectivity index (χ3n) is 4.36. The Kier molecular flexibility index (Phi) is 4.80. The van der Waals surface area contributed by atoms with Gasteiger partial charge >= 0.3 is 0 Å². The zero-order valence-electron chi connectivity index (χ0n) is 13.9. The lowest BCUT2D eigenvalue weighted by Crippen LogP contribution is -2.32. The van der Waals surface area contributed by atoms with Gasteiger partial charge in [-0.05, 0) is 38.3 Å². The number of nitrogens with zero attached hydrogens (tertiary/aromatic N) is 2. The summed E-state index contributed by atoms with van der Waals surface area (Å²) in [6, 6.07) is 7.21. The van der Waals surface area contributed by atoms with E-state index in [0.29, 0.717) is 17.5 Å². The highest BCUT2D eigenvalue weighted by Gasteiger charge is 2.29. The van der Waals surface area contributed by atoms with Gasteiger partial charge in [-0.25, -0.2) is 0 Å². The van der Waals surface area contributed by atoms with E-state index in [-0.39, 0.29) is 23.9 Å². The molecular weight excluding hydrogens is 308 g/mol. The fraction of sp³-hybridized carbons (Fsp3) is 0.471. The van der Waals surface area contributed by atoms with Crippen molar-refractivity contribution >= 4 is 5.91 Å². The van der Waals surface area contributed by atoms with Gasteiger partial charge < -0.3 is 20.3 Å². The second kappa shape index (κ2) is 7.00. The number of para-hydroxylation sites is 1. The molecular formula is C17H22N4O3. The largest absolute Gasteiger partial charge is 0.496 e. The quantitative estimate of drug-likeness (QED) is 0.869. The molecule has 1 saturated carbocycles. The first-order valence-electron chi connectivity index (χ1n) is 8.11. The Bertz CT molecular complexity index is 715. The number of nitrogens with two attached hydrogens (primary N) is 1. The van der Waals surface area contributed by atoms with Gasteiger partial charge in [-0.2, -0.15) is 4.98 Å². The summed E-state index contributed by atoms with van der Waals surface area (Å²) in [6.45, 7) is 1.83. The lowest BCUT2D eigenvalue weighted by Gasteiger charge is -2.14. The first-order chi connectivity index (χ1) is 11.6. The van der Waals surface area contributed by atoms with E-state index in [2.05, 4.69) is 15.5 Å². The molecule has 0 saturated heterocycles. The molecule has 128 valence electrons. The third kappa shape index (κ3) is 3.41. The summed E-state index contributed by atoms with van der Waals surface area (Å²) < 4.78 is 10.6. The van der Waals surface area contributed by atoms with Crippen molar-refractivity contribution in [1.82, 2.24) is 15.5 Å². The second-order valence-corrected chi connectivity index (χ2v) is 6.16. The number of methoxy groups -OCH3 is 1. The maximum Gasteiger partial charge on any atom is 0.249 e. The van der Waals surface area contributed by atoms with Crippen LogP contribution in [0.2, 0.25) is 0 Å². The number of aromatic nitrogens is 2. The molecule has 1 aromatic carbocycles. The highest BCUT2D eigenvalue weighted by Crippen LogP contribution is 2.28. The Balaban J connectivity index is 1.69. The van der Waals surface area contributed by atoms with Gasteiger partial charge in [0.15, 0.2) is 0 Å². The predicted octanol–water partition coefficient (Wildman–Crippen LogP) is 2.05. The van der Waals surface area contributed by atoms with Crippen molar-refractivity contribution in [3.63, 3.8) is 0 Å². The number of rotatable bonds is 5. The summed E-state index contributed by atoms with van der Waals surface area (Å²) in [5, 5.41) is 6.93. The maximum absolute atomic E-state index is 12.3. The zero-order valence-corrected chi connectivity index (χ0v) is 13.9. The minimum Gasteiger partial charge on any atom is -0.496 e. The molecule has 1 fully saturated rings. The van der Waals surface area contributed by atoms with Gasteiger partial charge in [0.1, 0.15) is 11.8 Å². The summed E-state index contributed by atoms with van der Waals surface area (Å²) >= 11 is 0. The van der Waals surface area contributed by atoms with Crippen LogP contribution in [0, 0.1) is 5.92 Å². The molecule has 0 aliphatic heterocycles. The Morgan fingerprint density at radius 2 is 2.21 bits per heavy atom. The van der Waals surface area contributed by atoms with Gasteiger partial charge in [0.25, 0.3) is 0 Å². The maximum atomic E-state index is 12.3. The molecule has 0 radical (unpaired) electrons. The van der Waals surface area contributed by atoms with Crippen molar-refractivity contribution in [2.45, 2.75) is 38.3 Å². The number of benzene rings is 1. The molecule has 1 aliphatic carbocycles. The van der Waals surface area contributed by atoms with E-state index in [0.717, 1.165) is 24.8 Å². The van der Waals surface area contributed by atoms with Crippen molar-refractivity contribution in [2.75, 3.05) is 7.11 Å². The van der Waals surface area contributed by atoms with Crippen molar-refractivity contribution in [3.8, 4) is 17.1 Å². The predicted molar refractivity (Wildman–Crippen MR) is 88.2 cm³/mol. The lowest BCUT2D eigenvalue weighted by molar-refractivity contribution is -0.125. The standard InChI is InChI=1S/C17H22N4O3/c1-10(19-16(22)11-7-8-12(18)9-11)17-20-15(21-24-17)13-5-3-4-6-14(13)23-2/h3-6,10-12H,7-9,18H2,1-2H3,(H,19,22). The van der Waals surface area contributed by atoms with Crippen molar-refractivity contribution in [2.24, 2.45) is 11.7 Å². The second-order valence-electron chi connectivity index (χ2n) is 6.16. The molecule has 3 rings (SSSR count). The molecule has 3 unspecified atom stereocenters. The van der Waals surface area contributed by atoms with Gasteiger partial charge in [-0.15, -0.1) is 0 Å². The van der Waals surface area contributed by atoms with Crippen molar-refractivity contribution in [1.29, 1.82) is 0 Å². The third-order valence-corrected chi connectivity index (χ3v) is 4.36. The van der Waals surface area contributed by atoms with Gasteiger partial charge in [-0.1, -0.05) is 17.3 Å². The molecule has 0 bridgehead atoms. The van der Waals surface area contributed by atoms with Gasteiger partial charge in [0.2, 0.25) is 17.6 Å². The van der Waals surface area contributed by atoms with Crippen LogP contribution in [0.4, 0.5) is 0 Å². The highest BCUT2D eigenvalue weighted by atomic mass is 16.5. The van der Waals surface area contributed by atoms with E-state index in [9.17, 15) is 4.79 Å². The first-order valence-corrected chi connectivity index (χ1v) is 8.11. The average Bonchev–Trinajstić information content (AvgIpc) is 3.24. The van der Waals surface area contributed by atoms with Gasteiger partial charge in [-0.3, -0.25) is 4.79 Å². The Morgan fingerprint density at radius 3 is 2.92 bits per heavy atom. The first kappa shape index (κ1) is 16.4. The number of nitrogens with one attached hydrogen (secondary N) is 1. The van der Waals surface area contributed by atoms with Crippen LogP contribution >= 0.6 is 0 Å². The van der Waals surface area contributed by atoms with Crippen LogP contribution in [0.25, 0.3) is 11.4 Å². The Labute approximate surface area is 140 Å². The molecule has 0 spiro atoms. The fourth-order valence-corrected chi connectivity index (χ4v) is 3.00. The average molecular weight is 330 g/mol. The van der Waals surface area contributed by atoms with E-state index >= 15 is 0 Å². The van der Waals surface area contributed by atoms with Gasteiger partial charge in [0.05, 0.1) is 12.7 Å². The summed E-state index contributed by atoms with van der Waals surface area (Å²) in [5.74, 6) is 1.44. The van der Waals surface area contributed by atoms with E-state index < -0.39 is 0 Å². The number of hydrogen-bond donors (Lipinski definition) is 2. The lowest BCUT2D eigenvalue weighted by atomic mass is 10.1. The van der Waals surface area contributed by atoms with E-state index in [4.69, 9.17) is 15.0 Å². The van der Waals surface area contributed by atoms with Crippen molar-refractivity contribution < 1.29 is 14.1 Å². The molecule has 24 heavy (non-hydrogen) atoms. The fourth-order valence-electron chi connectivity index (χ4n) is 3.00. The minimum atomic E-state index is -0.356. The highest BCUT2D eigenvalue weighted by molar-refractivity contribution is 5.79. The Hall–Kier alpha value is -2.41. The molecule has 3 N–H and O–H groups in total. The van der Waals surface area contributed by atoms with Crippen LogP contribution < -0.4 is 15.8 Å². The number of hydrogen-bond acceptors (Lipinski definition) is 6. The van der Waals surface area contributed by atoms with E-state index in [1.54, 1.807) is 7.11 Å². The monoisotopic (exact) mass is 330 g/mol. The van der Waals surface area contributed by atoms with Crippen LogP contribution in [-0.2, 0) is 4.79 Å². The van der Waals surface area contributed by atoms with Crippen LogP contribution in [0.1, 0.15) is 38.1 Å². The summed E-state index contributed by atoms with van der Waals surface area (Å²) in [4.78, 5) is 16.7. The topological polar surface area (TPSA) is 103 Å². The van der Waals surface area contributed by atoms with E-state index in [1.165, 1.54) is 0 Å². The normalized spacial score (nSPS) is 21.5. The van der Waals surface area contributed by atoms with E-state index in [1.807, 2.05) is 31.2 Å². The molecule has 1 aliphatic rings. The molecule has 1 amide bonds. The molecule has 7 nitrogen and oxygen atoms in total. The number of amides is 1. The van der Waals surface area contributed by atoms with Crippen molar-refractivity contribution in [3.05, 3.63) is 30.2 Å². The van der Waals surface area contributed by atoms with Gasteiger partial charge in [0, 0.05) is 12.0 Å². The zero-order chi connectivity index (χ0) is 17.1.